The number of hydrogen-bond acceptors (Lipinski definition) is 5. The number of carbonyl (C=O) groups is 1. The van der Waals surface area contributed by atoms with Crippen molar-refractivity contribution in [2.75, 3.05) is 0 Å². The van der Waals surface area contributed by atoms with Crippen molar-refractivity contribution in [2.24, 2.45) is 0 Å². The minimum absolute atomic E-state index is 0.0925. The fourth-order valence-corrected chi connectivity index (χ4v) is 1.45. The summed E-state index contributed by atoms with van der Waals surface area (Å²) >= 11 is 0. The summed E-state index contributed by atoms with van der Waals surface area (Å²) in [4.78, 5) is 11.9. The summed E-state index contributed by atoms with van der Waals surface area (Å²) in [5.74, 6) is 0.192. The SMILES string of the molecule is Cc1ccc(C(=O)NC(C)c2nn[nH]n2)cc1O. The lowest BCUT2D eigenvalue weighted by Crippen LogP contribution is -2.27. The molecule has 3 N–H and O–H groups in total. The molecule has 0 radical (unpaired) electrons. The minimum Gasteiger partial charge on any atom is -0.508 e. The van der Waals surface area contributed by atoms with Crippen LogP contribution in [0, 0.1) is 6.92 Å². The molecule has 0 bridgehead atoms. The molecule has 2 rings (SSSR count). The van der Waals surface area contributed by atoms with E-state index in [0.29, 0.717) is 11.4 Å². The number of aromatic amines is 1. The van der Waals surface area contributed by atoms with E-state index in [4.69, 9.17) is 0 Å². The Kier molecular flexibility index (Phi) is 3.22. The fourth-order valence-electron chi connectivity index (χ4n) is 1.45. The first-order valence-electron chi connectivity index (χ1n) is 5.41. The van der Waals surface area contributed by atoms with Crippen LogP contribution in [-0.2, 0) is 0 Å². The molecule has 7 heteroatoms. The molecule has 0 aliphatic heterocycles. The highest BCUT2D eigenvalue weighted by Crippen LogP contribution is 2.17. The Hall–Kier alpha value is -2.44. The Morgan fingerprint density at radius 1 is 1.50 bits per heavy atom. The van der Waals surface area contributed by atoms with Crippen molar-refractivity contribution in [2.45, 2.75) is 19.9 Å². The topological polar surface area (TPSA) is 104 Å². The van der Waals surface area contributed by atoms with Crippen LogP contribution in [0.15, 0.2) is 18.2 Å². The monoisotopic (exact) mass is 247 g/mol. The number of aromatic hydroxyl groups is 1. The van der Waals surface area contributed by atoms with E-state index >= 15 is 0 Å². The Labute approximate surface area is 103 Å². The molecule has 0 saturated heterocycles. The standard InChI is InChI=1S/C11H13N5O2/c1-6-3-4-8(5-9(6)17)11(18)12-7(2)10-13-15-16-14-10/h3-5,7,17H,1-2H3,(H,12,18)(H,13,14,15,16). The number of nitrogens with zero attached hydrogens (tertiary/aromatic N) is 3. The molecule has 1 heterocycles. The number of phenolic OH excluding ortho intramolecular Hbond substituents is 1. The number of hydrogen-bond donors (Lipinski definition) is 3. The van der Waals surface area contributed by atoms with E-state index in [9.17, 15) is 9.90 Å². The molecule has 0 aliphatic rings. The maximum Gasteiger partial charge on any atom is 0.251 e. The number of phenols is 1. The van der Waals surface area contributed by atoms with Crippen molar-refractivity contribution in [1.82, 2.24) is 25.9 Å². The van der Waals surface area contributed by atoms with Gasteiger partial charge in [0.15, 0.2) is 5.82 Å². The molecule has 0 spiro atoms. The fraction of sp³-hybridized carbons (Fsp3) is 0.273. The van der Waals surface area contributed by atoms with Gasteiger partial charge in [-0.05, 0) is 31.5 Å². The molecule has 18 heavy (non-hydrogen) atoms. The van der Waals surface area contributed by atoms with Crippen molar-refractivity contribution in [1.29, 1.82) is 0 Å². The van der Waals surface area contributed by atoms with E-state index in [-0.39, 0.29) is 17.7 Å². The number of rotatable bonds is 3. The lowest BCUT2D eigenvalue weighted by atomic mass is 10.1. The maximum atomic E-state index is 11.9. The third-order valence-corrected chi connectivity index (χ3v) is 2.57. The largest absolute Gasteiger partial charge is 0.508 e. The number of benzene rings is 1. The van der Waals surface area contributed by atoms with Gasteiger partial charge in [0.05, 0.1) is 6.04 Å². The molecule has 1 aromatic carbocycles. The van der Waals surface area contributed by atoms with Gasteiger partial charge in [-0.15, -0.1) is 10.2 Å². The smallest absolute Gasteiger partial charge is 0.251 e. The number of carbonyl (C=O) groups excluding carboxylic acids is 1. The number of aryl methyl sites for hydroxylation is 1. The average Bonchev–Trinajstić information content (AvgIpc) is 2.86. The van der Waals surface area contributed by atoms with Gasteiger partial charge in [0.25, 0.3) is 5.91 Å². The van der Waals surface area contributed by atoms with Gasteiger partial charge in [0, 0.05) is 5.56 Å². The maximum absolute atomic E-state index is 11.9. The molecule has 1 aromatic heterocycles. The van der Waals surface area contributed by atoms with Gasteiger partial charge in [-0.1, -0.05) is 11.3 Å². The van der Waals surface area contributed by atoms with Crippen molar-refractivity contribution >= 4 is 5.91 Å². The first kappa shape index (κ1) is 12.0. The van der Waals surface area contributed by atoms with Gasteiger partial charge in [-0.3, -0.25) is 4.79 Å². The first-order chi connectivity index (χ1) is 8.58. The molecular weight excluding hydrogens is 234 g/mol. The van der Waals surface area contributed by atoms with Crippen LogP contribution >= 0.6 is 0 Å². The van der Waals surface area contributed by atoms with Crippen molar-refractivity contribution in [3.63, 3.8) is 0 Å². The van der Waals surface area contributed by atoms with Gasteiger partial charge in [0.2, 0.25) is 0 Å². The minimum atomic E-state index is -0.361. The molecular formula is C11H13N5O2. The van der Waals surface area contributed by atoms with E-state index in [1.807, 2.05) is 0 Å². The van der Waals surface area contributed by atoms with Crippen LogP contribution in [0.1, 0.15) is 34.7 Å². The zero-order valence-corrected chi connectivity index (χ0v) is 10.0. The number of amides is 1. The Balaban J connectivity index is 2.10. The molecule has 1 atom stereocenters. The van der Waals surface area contributed by atoms with E-state index in [1.54, 1.807) is 26.0 Å². The van der Waals surface area contributed by atoms with Crippen LogP contribution in [0.5, 0.6) is 5.75 Å². The Morgan fingerprint density at radius 2 is 2.28 bits per heavy atom. The number of nitrogens with one attached hydrogen (secondary N) is 2. The molecule has 1 amide bonds. The highest BCUT2D eigenvalue weighted by atomic mass is 16.3. The normalized spacial score (nSPS) is 12.1. The number of aromatic nitrogens is 4. The number of H-pyrrole nitrogens is 1. The summed E-state index contributed by atoms with van der Waals surface area (Å²) in [6.07, 6.45) is 0. The van der Waals surface area contributed by atoms with Crippen molar-refractivity contribution < 1.29 is 9.90 Å². The first-order valence-corrected chi connectivity index (χ1v) is 5.41. The van der Waals surface area contributed by atoms with Crippen molar-refractivity contribution in [3.8, 4) is 5.75 Å². The predicted octanol–water partition coefficient (Wildman–Crippen LogP) is 0.705. The third kappa shape index (κ3) is 2.45. The van der Waals surface area contributed by atoms with Crippen LogP contribution in [0.25, 0.3) is 0 Å². The van der Waals surface area contributed by atoms with Gasteiger partial charge in [-0.2, -0.15) is 5.21 Å². The van der Waals surface area contributed by atoms with Crippen LogP contribution in [0.2, 0.25) is 0 Å². The Bertz CT molecular complexity index is 553. The van der Waals surface area contributed by atoms with E-state index in [1.165, 1.54) is 6.07 Å². The molecule has 0 fully saturated rings. The van der Waals surface area contributed by atoms with E-state index in [2.05, 4.69) is 25.9 Å². The lowest BCUT2D eigenvalue weighted by Gasteiger charge is -2.10. The molecule has 94 valence electrons. The second-order valence-corrected chi connectivity index (χ2v) is 3.97. The average molecular weight is 247 g/mol. The zero-order valence-electron chi connectivity index (χ0n) is 10.0. The third-order valence-electron chi connectivity index (χ3n) is 2.57. The second kappa shape index (κ2) is 4.82. The summed E-state index contributed by atoms with van der Waals surface area (Å²) in [5, 5.41) is 25.6. The van der Waals surface area contributed by atoms with Gasteiger partial charge >= 0.3 is 0 Å². The molecule has 1 unspecified atom stereocenters. The highest BCUT2D eigenvalue weighted by molar-refractivity contribution is 5.94. The summed E-state index contributed by atoms with van der Waals surface area (Å²) in [5.41, 5.74) is 1.10. The summed E-state index contributed by atoms with van der Waals surface area (Å²) in [6.45, 7) is 3.51. The van der Waals surface area contributed by atoms with Crippen LogP contribution in [0.3, 0.4) is 0 Å². The highest BCUT2D eigenvalue weighted by Gasteiger charge is 2.15. The van der Waals surface area contributed by atoms with Crippen LogP contribution in [-0.4, -0.2) is 31.6 Å². The van der Waals surface area contributed by atoms with Crippen LogP contribution < -0.4 is 5.32 Å². The van der Waals surface area contributed by atoms with Crippen molar-refractivity contribution in [3.05, 3.63) is 35.2 Å². The van der Waals surface area contributed by atoms with E-state index < -0.39 is 0 Å². The quantitative estimate of drug-likeness (QED) is 0.740. The number of tetrazole rings is 1. The molecule has 0 aliphatic carbocycles. The molecule has 0 saturated carbocycles. The lowest BCUT2D eigenvalue weighted by molar-refractivity contribution is 0.0938. The van der Waals surface area contributed by atoms with E-state index in [0.717, 1.165) is 5.56 Å². The van der Waals surface area contributed by atoms with Crippen LogP contribution in [0.4, 0.5) is 0 Å². The van der Waals surface area contributed by atoms with Gasteiger partial charge in [-0.25, -0.2) is 0 Å². The summed E-state index contributed by atoms with van der Waals surface area (Å²) in [6, 6.07) is 4.39. The predicted molar refractivity (Wildman–Crippen MR) is 62.9 cm³/mol. The molecule has 7 nitrogen and oxygen atoms in total. The van der Waals surface area contributed by atoms with Gasteiger partial charge in [0.1, 0.15) is 5.75 Å². The Morgan fingerprint density at radius 3 is 2.89 bits per heavy atom. The zero-order chi connectivity index (χ0) is 13.1. The molecule has 2 aromatic rings. The second-order valence-electron chi connectivity index (χ2n) is 3.97. The summed E-state index contributed by atoms with van der Waals surface area (Å²) < 4.78 is 0. The summed E-state index contributed by atoms with van der Waals surface area (Å²) in [7, 11) is 0. The van der Waals surface area contributed by atoms with Gasteiger partial charge < -0.3 is 10.4 Å².